The van der Waals surface area contributed by atoms with Crippen molar-refractivity contribution in [3.8, 4) is 5.75 Å². The summed E-state index contributed by atoms with van der Waals surface area (Å²) in [7, 11) is 0. The molecule has 0 bridgehead atoms. The second-order valence-electron chi connectivity index (χ2n) is 6.50. The fraction of sp³-hybridized carbons (Fsp3) is 0.273. The van der Waals surface area contributed by atoms with Gasteiger partial charge in [-0.2, -0.15) is 0 Å². The maximum absolute atomic E-state index is 12.6. The first-order valence-corrected chi connectivity index (χ1v) is 10.1. The van der Waals surface area contributed by atoms with Crippen LogP contribution in [0.15, 0.2) is 57.9 Å². The number of aryl methyl sites for hydroxylation is 3. The summed E-state index contributed by atoms with van der Waals surface area (Å²) in [5.41, 5.74) is 3.81. The van der Waals surface area contributed by atoms with Crippen LogP contribution in [0.3, 0.4) is 0 Å². The number of rotatable bonds is 8. The van der Waals surface area contributed by atoms with Crippen molar-refractivity contribution in [2.24, 2.45) is 0 Å². The molecule has 3 rings (SSSR count). The third-order valence-electron chi connectivity index (χ3n) is 4.36. The van der Waals surface area contributed by atoms with Crippen LogP contribution in [0.4, 0.5) is 0 Å². The summed E-state index contributed by atoms with van der Waals surface area (Å²) in [4.78, 5) is 13.5. The standard InChI is InChI=1S/C22H24N2O3S/c1-15-8-10-18(11-9-15)26-13-12-23-22(25)19-6-4-5-7-21(19)28-14-20-16(2)24-27-17(20)3/h4-11H,12-14H2,1-3H3,(H,23,25). The van der Waals surface area contributed by atoms with Crippen LogP contribution in [0.1, 0.15) is 32.9 Å². The fourth-order valence-electron chi connectivity index (χ4n) is 2.70. The van der Waals surface area contributed by atoms with E-state index in [2.05, 4.69) is 10.5 Å². The van der Waals surface area contributed by atoms with Crippen LogP contribution in [-0.2, 0) is 5.75 Å². The molecular formula is C22H24N2O3S. The van der Waals surface area contributed by atoms with Crippen molar-refractivity contribution in [2.75, 3.05) is 13.2 Å². The van der Waals surface area contributed by atoms with Gasteiger partial charge in [0.15, 0.2) is 0 Å². The maximum Gasteiger partial charge on any atom is 0.252 e. The lowest BCUT2D eigenvalue weighted by atomic mass is 10.2. The van der Waals surface area contributed by atoms with Crippen molar-refractivity contribution >= 4 is 17.7 Å². The van der Waals surface area contributed by atoms with Crippen molar-refractivity contribution in [3.05, 3.63) is 76.7 Å². The molecule has 1 amide bonds. The molecule has 0 aliphatic carbocycles. The van der Waals surface area contributed by atoms with E-state index in [9.17, 15) is 4.79 Å². The number of thioether (sulfide) groups is 1. The van der Waals surface area contributed by atoms with E-state index in [1.807, 2.05) is 69.3 Å². The molecule has 0 saturated carbocycles. The van der Waals surface area contributed by atoms with Crippen LogP contribution in [0.5, 0.6) is 5.75 Å². The van der Waals surface area contributed by atoms with Gasteiger partial charge in [0.25, 0.3) is 5.91 Å². The van der Waals surface area contributed by atoms with E-state index < -0.39 is 0 Å². The van der Waals surface area contributed by atoms with E-state index >= 15 is 0 Å². The van der Waals surface area contributed by atoms with Gasteiger partial charge in [-0.05, 0) is 45.0 Å². The van der Waals surface area contributed by atoms with Crippen LogP contribution in [-0.4, -0.2) is 24.2 Å². The number of carbonyl (C=O) groups excluding carboxylic acids is 1. The Balaban J connectivity index is 1.54. The summed E-state index contributed by atoms with van der Waals surface area (Å²) in [6.45, 7) is 6.73. The summed E-state index contributed by atoms with van der Waals surface area (Å²) in [5.74, 6) is 2.23. The van der Waals surface area contributed by atoms with Gasteiger partial charge in [-0.25, -0.2) is 0 Å². The van der Waals surface area contributed by atoms with Crippen molar-refractivity contribution in [3.63, 3.8) is 0 Å². The Kier molecular flexibility index (Phi) is 6.76. The minimum Gasteiger partial charge on any atom is -0.492 e. The molecule has 6 heteroatoms. The van der Waals surface area contributed by atoms with Crippen molar-refractivity contribution in [1.82, 2.24) is 10.5 Å². The predicted molar refractivity (Wildman–Crippen MR) is 111 cm³/mol. The summed E-state index contributed by atoms with van der Waals surface area (Å²) >= 11 is 1.61. The predicted octanol–water partition coefficient (Wildman–Crippen LogP) is 4.70. The minimum absolute atomic E-state index is 0.102. The number of nitrogens with one attached hydrogen (secondary N) is 1. The Morgan fingerprint density at radius 3 is 2.57 bits per heavy atom. The molecule has 0 aliphatic heterocycles. The van der Waals surface area contributed by atoms with Crippen LogP contribution in [0, 0.1) is 20.8 Å². The topological polar surface area (TPSA) is 64.4 Å². The highest BCUT2D eigenvalue weighted by atomic mass is 32.2. The summed E-state index contributed by atoms with van der Waals surface area (Å²) < 4.78 is 10.9. The zero-order valence-electron chi connectivity index (χ0n) is 16.3. The van der Waals surface area contributed by atoms with Crippen LogP contribution >= 0.6 is 11.8 Å². The number of carbonyl (C=O) groups is 1. The van der Waals surface area contributed by atoms with E-state index in [-0.39, 0.29) is 5.91 Å². The molecule has 0 atom stereocenters. The molecule has 1 aromatic heterocycles. The summed E-state index contributed by atoms with van der Waals surface area (Å²) in [6.07, 6.45) is 0. The highest BCUT2D eigenvalue weighted by Gasteiger charge is 2.14. The number of hydrogen-bond acceptors (Lipinski definition) is 5. The summed E-state index contributed by atoms with van der Waals surface area (Å²) in [5, 5.41) is 6.91. The lowest BCUT2D eigenvalue weighted by molar-refractivity contribution is 0.0944. The molecule has 1 N–H and O–H groups in total. The van der Waals surface area contributed by atoms with Crippen LogP contribution in [0.2, 0.25) is 0 Å². The Hall–Kier alpha value is -2.73. The highest BCUT2D eigenvalue weighted by molar-refractivity contribution is 7.98. The van der Waals surface area contributed by atoms with Crippen LogP contribution < -0.4 is 10.1 Å². The lowest BCUT2D eigenvalue weighted by Crippen LogP contribution is -2.28. The largest absolute Gasteiger partial charge is 0.492 e. The molecular weight excluding hydrogens is 372 g/mol. The van der Waals surface area contributed by atoms with E-state index in [1.165, 1.54) is 5.56 Å². The Morgan fingerprint density at radius 2 is 1.86 bits per heavy atom. The molecule has 0 saturated heterocycles. The lowest BCUT2D eigenvalue weighted by Gasteiger charge is -2.11. The molecule has 0 radical (unpaired) electrons. The molecule has 0 aliphatic rings. The van der Waals surface area contributed by atoms with Gasteiger partial charge in [0, 0.05) is 16.2 Å². The Morgan fingerprint density at radius 1 is 1.11 bits per heavy atom. The SMILES string of the molecule is Cc1ccc(OCCNC(=O)c2ccccc2SCc2c(C)noc2C)cc1. The Labute approximate surface area is 169 Å². The molecule has 146 valence electrons. The molecule has 0 unspecified atom stereocenters. The smallest absolute Gasteiger partial charge is 0.252 e. The number of hydrogen-bond donors (Lipinski definition) is 1. The molecule has 0 fully saturated rings. The van der Waals surface area contributed by atoms with E-state index in [0.717, 1.165) is 27.7 Å². The number of benzene rings is 2. The van der Waals surface area contributed by atoms with Gasteiger partial charge < -0.3 is 14.6 Å². The number of nitrogens with zero attached hydrogens (tertiary/aromatic N) is 1. The van der Waals surface area contributed by atoms with Gasteiger partial charge in [0.2, 0.25) is 0 Å². The molecule has 0 spiro atoms. The maximum atomic E-state index is 12.6. The third kappa shape index (κ3) is 5.16. The Bertz CT molecular complexity index is 916. The van der Waals surface area contributed by atoms with Crippen molar-refractivity contribution < 1.29 is 14.1 Å². The van der Waals surface area contributed by atoms with E-state index in [0.29, 0.717) is 24.5 Å². The first-order valence-electron chi connectivity index (χ1n) is 9.16. The monoisotopic (exact) mass is 396 g/mol. The first-order chi connectivity index (χ1) is 13.5. The molecule has 5 nitrogen and oxygen atoms in total. The molecule has 2 aromatic carbocycles. The van der Waals surface area contributed by atoms with Gasteiger partial charge in [-0.3, -0.25) is 4.79 Å². The zero-order valence-corrected chi connectivity index (χ0v) is 17.1. The molecule has 1 heterocycles. The highest BCUT2D eigenvalue weighted by Crippen LogP contribution is 2.28. The van der Waals surface area contributed by atoms with E-state index in [1.54, 1.807) is 11.8 Å². The minimum atomic E-state index is -0.102. The normalized spacial score (nSPS) is 10.7. The average molecular weight is 397 g/mol. The number of aromatic nitrogens is 1. The van der Waals surface area contributed by atoms with Gasteiger partial charge in [-0.15, -0.1) is 11.8 Å². The van der Waals surface area contributed by atoms with Crippen molar-refractivity contribution in [1.29, 1.82) is 0 Å². The second kappa shape index (κ2) is 9.46. The van der Waals surface area contributed by atoms with E-state index in [4.69, 9.17) is 9.26 Å². The first kappa shape index (κ1) is 20.0. The van der Waals surface area contributed by atoms with Gasteiger partial charge in [0.05, 0.1) is 17.8 Å². The third-order valence-corrected chi connectivity index (χ3v) is 5.46. The van der Waals surface area contributed by atoms with Gasteiger partial charge in [0.1, 0.15) is 18.1 Å². The van der Waals surface area contributed by atoms with Gasteiger partial charge >= 0.3 is 0 Å². The zero-order chi connectivity index (χ0) is 19.9. The van der Waals surface area contributed by atoms with Crippen LogP contribution in [0.25, 0.3) is 0 Å². The van der Waals surface area contributed by atoms with Crippen molar-refractivity contribution in [2.45, 2.75) is 31.4 Å². The quantitative estimate of drug-likeness (QED) is 0.442. The second-order valence-corrected chi connectivity index (χ2v) is 7.52. The fourth-order valence-corrected chi connectivity index (χ4v) is 3.90. The number of amides is 1. The molecule has 3 aromatic rings. The number of ether oxygens (including phenoxy) is 1. The van der Waals surface area contributed by atoms with Gasteiger partial charge in [-0.1, -0.05) is 35.0 Å². The molecule has 28 heavy (non-hydrogen) atoms. The summed E-state index contributed by atoms with van der Waals surface area (Å²) in [6, 6.07) is 15.5. The average Bonchev–Trinajstić information content (AvgIpc) is 3.02.